The highest BCUT2D eigenvalue weighted by atomic mass is 35.5. The lowest BCUT2D eigenvalue weighted by molar-refractivity contribution is 0.105. The van der Waals surface area contributed by atoms with Crippen molar-refractivity contribution in [1.82, 2.24) is 15.0 Å². The van der Waals surface area contributed by atoms with E-state index >= 15 is 0 Å². The summed E-state index contributed by atoms with van der Waals surface area (Å²) in [5.74, 6) is 1.34. The van der Waals surface area contributed by atoms with Crippen molar-refractivity contribution in [2.75, 3.05) is 21.3 Å². The van der Waals surface area contributed by atoms with Crippen LogP contribution in [0.1, 0.15) is 21.7 Å². The molecule has 176 valence electrons. The van der Waals surface area contributed by atoms with Gasteiger partial charge < -0.3 is 24.2 Å². The molecule has 0 spiro atoms. The summed E-state index contributed by atoms with van der Waals surface area (Å²) in [5, 5.41) is 1.56. The number of allylic oxidation sites excluding steroid dienone is 1. The molecule has 0 aliphatic heterocycles. The zero-order valence-corrected chi connectivity index (χ0v) is 20.1. The highest BCUT2D eigenvalue weighted by Crippen LogP contribution is 2.39. The molecule has 2 heterocycles. The number of nitrogens with zero attached hydrogens (tertiary/aromatic N) is 1. The van der Waals surface area contributed by atoms with Gasteiger partial charge in [0.15, 0.2) is 17.3 Å². The van der Waals surface area contributed by atoms with Crippen molar-refractivity contribution in [3.63, 3.8) is 0 Å². The molecule has 2 aromatic heterocycles. The van der Waals surface area contributed by atoms with Crippen molar-refractivity contribution in [2.45, 2.75) is 0 Å². The van der Waals surface area contributed by atoms with E-state index in [0.717, 1.165) is 22.0 Å². The third-order valence-corrected chi connectivity index (χ3v) is 6.03. The minimum absolute atomic E-state index is 0.264. The zero-order valence-electron chi connectivity index (χ0n) is 19.3. The number of carbonyl (C=O) groups excluding carboxylic acids is 1. The number of hydrogen-bond acceptors (Lipinski definition) is 5. The van der Waals surface area contributed by atoms with E-state index in [-0.39, 0.29) is 5.78 Å². The van der Waals surface area contributed by atoms with Gasteiger partial charge in [-0.2, -0.15) is 0 Å². The van der Waals surface area contributed by atoms with Crippen LogP contribution < -0.4 is 14.2 Å². The average Bonchev–Trinajstić information content (AvgIpc) is 3.49. The van der Waals surface area contributed by atoms with Crippen LogP contribution in [0, 0.1) is 0 Å². The third-order valence-electron chi connectivity index (χ3n) is 5.79. The number of nitrogens with one attached hydrogen (secondary N) is 2. The number of para-hydroxylation sites is 1. The summed E-state index contributed by atoms with van der Waals surface area (Å²) in [4.78, 5) is 25.1. The van der Waals surface area contributed by atoms with Crippen molar-refractivity contribution in [3.05, 3.63) is 82.8 Å². The SMILES string of the molecule is COc1cc(C(=O)/C(=C\c2c[nH]c3ccccc23)c2nc3ccc(Cl)cc3[nH]2)cc(OC)c1OC. The number of fused-ring (bicyclic) bond motifs is 2. The molecule has 0 bridgehead atoms. The fourth-order valence-corrected chi connectivity index (χ4v) is 4.26. The predicted molar refractivity (Wildman–Crippen MR) is 138 cm³/mol. The van der Waals surface area contributed by atoms with Crippen molar-refractivity contribution in [2.24, 2.45) is 0 Å². The molecule has 2 N–H and O–H groups in total. The first-order valence-corrected chi connectivity index (χ1v) is 11.2. The second-order valence-electron chi connectivity index (χ2n) is 7.84. The van der Waals surface area contributed by atoms with Crippen LogP contribution in [-0.2, 0) is 0 Å². The summed E-state index contributed by atoms with van der Waals surface area (Å²) in [7, 11) is 4.54. The van der Waals surface area contributed by atoms with Crippen LogP contribution >= 0.6 is 11.6 Å². The van der Waals surface area contributed by atoms with Gasteiger partial charge in [-0.25, -0.2) is 4.98 Å². The second-order valence-corrected chi connectivity index (χ2v) is 8.27. The molecule has 7 nitrogen and oxygen atoms in total. The summed E-state index contributed by atoms with van der Waals surface area (Å²) in [5.41, 5.74) is 3.99. The van der Waals surface area contributed by atoms with Crippen LogP contribution in [0.25, 0.3) is 33.6 Å². The molecule has 0 aliphatic rings. The number of ketones is 1. The number of aromatic nitrogens is 3. The topological polar surface area (TPSA) is 89.2 Å². The Morgan fingerprint density at radius 2 is 1.69 bits per heavy atom. The van der Waals surface area contributed by atoms with Crippen LogP contribution in [0.5, 0.6) is 17.2 Å². The Morgan fingerprint density at radius 3 is 2.40 bits per heavy atom. The van der Waals surface area contributed by atoms with Crippen LogP contribution in [-0.4, -0.2) is 42.1 Å². The van der Waals surface area contributed by atoms with Gasteiger partial charge in [-0.1, -0.05) is 29.8 Å². The molecule has 0 atom stereocenters. The molecule has 0 unspecified atom stereocenters. The highest BCUT2D eigenvalue weighted by molar-refractivity contribution is 6.33. The van der Waals surface area contributed by atoms with Gasteiger partial charge in [0.1, 0.15) is 5.82 Å². The monoisotopic (exact) mass is 487 g/mol. The average molecular weight is 488 g/mol. The molecule has 35 heavy (non-hydrogen) atoms. The molecule has 0 saturated heterocycles. The number of imidazole rings is 1. The summed E-state index contributed by atoms with van der Waals surface area (Å²) in [6, 6.07) is 16.5. The lowest BCUT2D eigenvalue weighted by atomic mass is 9.99. The van der Waals surface area contributed by atoms with E-state index in [4.69, 9.17) is 25.8 Å². The number of H-pyrrole nitrogens is 2. The molecule has 0 amide bonds. The van der Waals surface area contributed by atoms with E-state index in [0.29, 0.717) is 44.7 Å². The molecule has 5 aromatic rings. The molecule has 0 saturated carbocycles. The summed E-state index contributed by atoms with van der Waals surface area (Å²) < 4.78 is 16.3. The molecule has 0 aliphatic carbocycles. The van der Waals surface area contributed by atoms with Gasteiger partial charge in [0.2, 0.25) is 5.75 Å². The van der Waals surface area contributed by atoms with E-state index < -0.39 is 0 Å². The number of aromatic amines is 2. The second kappa shape index (κ2) is 9.19. The fourth-order valence-electron chi connectivity index (χ4n) is 4.09. The van der Waals surface area contributed by atoms with Crippen LogP contribution in [0.2, 0.25) is 5.02 Å². The Balaban J connectivity index is 1.71. The molecule has 8 heteroatoms. The standard InChI is InChI=1S/C27H22ClN3O4/c1-33-23-11-15(12-24(34-2)26(23)35-3)25(32)19(10-16-14-29-20-7-5-4-6-18(16)20)27-30-21-9-8-17(28)13-22(21)31-27/h4-14,29H,1-3H3,(H,30,31)/b19-10+. The van der Waals surface area contributed by atoms with Crippen molar-refractivity contribution < 1.29 is 19.0 Å². The van der Waals surface area contributed by atoms with Crippen LogP contribution in [0.4, 0.5) is 0 Å². The predicted octanol–water partition coefficient (Wildman–Crippen LogP) is 6.15. The maximum absolute atomic E-state index is 14.0. The van der Waals surface area contributed by atoms with Gasteiger partial charge in [0.05, 0.1) is 37.9 Å². The van der Waals surface area contributed by atoms with Gasteiger partial charge >= 0.3 is 0 Å². The Hall–Kier alpha value is -4.23. The highest BCUT2D eigenvalue weighted by Gasteiger charge is 2.23. The molecular weight excluding hydrogens is 466 g/mol. The first-order chi connectivity index (χ1) is 17.0. The molecular formula is C27H22ClN3O4. The van der Waals surface area contributed by atoms with E-state index in [1.807, 2.05) is 42.6 Å². The number of ether oxygens (including phenoxy) is 3. The quantitative estimate of drug-likeness (QED) is 0.212. The van der Waals surface area contributed by atoms with E-state index in [1.165, 1.54) is 21.3 Å². The van der Waals surface area contributed by atoms with Crippen molar-refractivity contribution in [1.29, 1.82) is 0 Å². The Kier molecular flexibility index (Phi) is 5.93. The lowest BCUT2D eigenvalue weighted by Crippen LogP contribution is -2.06. The summed E-state index contributed by atoms with van der Waals surface area (Å²) in [6.07, 6.45) is 3.69. The smallest absolute Gasteiger partial charge is 0.203 e. The number of hydrogen-bond donors (Lipinski definition) is 2. The van der Waals surface area contributed by atoms with E-state index in [9.17, 15) is 4.79 Å². The molecule has 0 radical (unpaired) electrons. The van der Waals surface area contributed by atoms with E-state index in [1.54, 1.807) is 24.3 Å². The normalized spacial score (nSPS) is 11.7. The first-order valence-electron chi connectivity index (χ1n) is 10.8. The van der Waals surface area contributed by atoms with Gasteiger partial charge in [-0.15, -0.1) is 0 Å². The van der Waals surface area contributed by atoms with Crippen LogP contribution in [0.3, 0.4) is 0 Å². The Morgan fingerprint density at radius 1 is 0.943 bits per heavy atom. The van der Waals surface area contributed by atoms with E-state index in [2.05, 4.69) is 15.0 Å². The van der Waals surface area contributed by atoms with Crippen molar-refractivity contribution >= 4 is 51.0 Å². The zero-order chi connectivity index (χ0) is 24.5. The Labute approximate surface area is 206 Å². The molecule has 3 aromatic carbocycles. The maximum atomic E-state index is 14.0. The largest absolute Gasteiger partial charge is 0.493 e. The molecule has 0 fully saturated rings. The summed E-state index contributed by atoms with van der Waals surface area (Å²) in [6.45, 7) is 0. The lowest BCUT2D eigenvalue weighted by Gasteiger charge is -2.14. The van der Waals surface area contributed by atoms with Crippen molar-refractivity contribution in [3.8, 4) is 17.2 Å². The number of halogens is 1. The third kappa shape index (κ3) is 4.11. The number of Topliss-reactive ketones (excluding diaryl/α,β-unsaturated/α-hetero) is 1. The maximum Gasteiger partial charge on any atom is 0.203 e. The summed E-state index contributed by atoms with van der Waals surface area (Å²) >= 11 is 6.17. The van der Waals surface area contributed by atoms with Gasteiger partial charge in [-0.05, 0) is 42.5 Å². The number of carbonyl (C=O) groups is 1. The first kappa shape index (κ1) is 22.6. The molecule has 5 rings (SSSR count). The number of benzene rings is 3. The Bertz CT molecular complexity index is 1570. The minimum Gasteiger partial charge on any atom is -0.493 e. The fraction of sp³-hybridized carbons (Fsp3) is 0.111. The van der Waals surface area contributed by atoms with Gasteiger partial charge in [0, 0.05) is 33.2 Å². The minimum atomic E-state index is -0.264. The van der Waals surface area contributed by atoms with Gasteiger partial charge in [0.25, 0.3) is 0 Å². The van der Waals surface area contributed by atoms with Crippen LogP contribution in [0.15, 0.2) is 60.8 Å². The van der Waals surface area contributed by atoms with Gasteiger partial charge in [-0.3, -0.25) is 4.79 Å². The number of methoxy groups -OCH3 is 3. The number of rotatable bonds is 7.